The highest BCUT2D eigenvalue weighted by molar-refractivity contribution is 7.89. The molecule has 158 valence electrons. The highest BCUT2D eigenvalue weighted by Gasteiger charge is 2.33. The van der Waals surface area contributed by atoms with Crippen molar-refractivity contribution < 1.29 is 26.0 Å². The average Bonchev–Trinajstić information content (AvgIpc) is 2.67. The minimum Gasteiger partial charge on any atom is -0.366 e. The Bertz CT molecular complexity index is 957. The molecule has 1 aliphatic rings. The number of sulfonamides is 1. The van der Waals surface area contributed by atoms with Crippen molar-refractivity contribution in [2.45, 2.75) is 17.6 Å². The number of rotatable bonds is 5. The highest BCUT2D eigenvalue weighted by atomic mass is 32.2. The summed E-state index contributed by atoms with van der Waals surface area (Å²) in [7, 11) is -1.76. The van der Waals surface area contributed by atoms with Crippen molar-refractivity contribution in [1.29, 1.82) is 0 Å². The third kappa shape index (κ3) is 5.03. The zero-order valence-electron chi connectivity index (χ0n) is 15.6. The maximum absolute atomic E-state index is 13.2. The largest absolute Gasteiger partial charge is 0.416 e. The molecule has 0 spiro atoms. The van der Waals surface area contributed by atoms with Crippen molar-refractivity contribution in [3.8, 4) is 0 Å². The minimum absolute atomic E-state index is 0.0189. The maximum atomic E-state index is 13.2. The number of anilines is 1. The van der Waals surface area contributed by atoms with Gasteiger partial charge in [-0.05, 0) is 36.9 Å². The number of piperazine rings is 1. The predicted molar refractivity (Wildman–Crippen MR) is 99.2 cm³/mol. The van der Waals surface area contributed by atoms with Crippen LogP contribution in [-0.2, 0) is 22.7 Å². The van der Waals surface area contributed by atoms with Gasteiger partial charge in [0.15, 0.2) is 0 Å². The van der Waals surface area contributed by atoms with Crippen LogP contribution in [0.5, 0.6) is 0 Å². The van der Waals surface area contributed by atoms with E-state index < -0.39 is 27.6 Å². The molecule has 0 unspecified atom stereocenters. The summed E-state index contributed by atoms with van der Waals surface area (Å²) >= 11 is 0. The van der Waals surface area contributed by atoms with Crippen LogP contribution in [0.3, 0.4) is 0 Å². The van der Waals surface area contributed by atoms with E-state index in [1.807, 2.05) is 11.9 Å². The van der Waals surface area contributed by atoms with Gasteiger partial charge in [0.05, 0.1) is 5.56 Å². The second kappa shape index (κ2) is 8.25. The first-order valence-electron chi connectivity index (χ1n) is 8.81. The lowest BCUT2D eigenvalue weighted by atomic mass is 10.1. The van der Waals surface area contributed by atoms with E-state index in [0.717, 1.165) is 12.1 Å². The summed E-state index contributed by atoms with van der Waals surface area (Å²) in [5, 5.41) is 2.71. The first kappa shape index (κ1) is 21.5. The van der Waals surface area contributed by atoms with E-state index in [4.69, 9.17) is 0 Å². The van der Waals surface area contributed by atoms with Crippen molar-refractivity contribution in [1.82, 2.24) is 14.2 Å². The second-order valence-corrected chi connectivity index (χ2v) is 8.68. The number of nitrogens with zero attached hydrogens (tertiary/aromatic N) is 3. The van der Waals surface area contributed by atoms with Gasteiger partial charge in [0.25, 0.3) is 0 Å². The van der Waals surface area contributed by atoms with Gasteiger partial charge in [0.2, 0.25) is 10.0 Å². The molecule has 1 saturated heterocycles. The maximum Gasteiger partial charge on any atom is 0.416 e. The molecule has 3 rings (SSSR count). The molecule has 0 aliphatic carbocycles. The molecule has 1 aliphatic heterocycles. The van der Waals surface area contributed by atoms with Gasteiger partial charge in [0.1, 0.15) is 16.5 Å². The SMILES string of the molecule is CN1CCN(S(=O)(=O)c2ccc(NCc3ccc(F)cc3C(F)(F)F)nc2)CC1. The normalized spacial score (nSPS) is 16.7. The number of benzene rings is 1. The lowest BCUT2D eigenvalue weighted by molar-refractivity contribution is -0.138. The van der Waals surface area contributed by atoms with E-state index in [1.54, 1.807) is 0 Å². The topological polar surface area (TPSA) is 65.5 Å². The average molecular weight is 432 g/mol. The van der Waals surface area contributed by atoms with Crippen LogP contribution < -0.4 is 5.32 Å². The van der Waals surface area contributed by atoms with Crippen LogP contribution in [0.2, 0.25) is 0 Å². The standard InChI is InChI=1S/C18H20F4N4O2S/c1-25-6-8-26(9-7-25)29(27,28)15-4-5-17(24-12-15)23-11-13-2-3-14(19)10-16(13)18(20,21)22/h2-5,10,12H,6-9,11H2,1H3,(H,23,24). The molecule has 2 heterocycles. The number of alkyl halides is 3. The lowest BCUT2D eigenvalue weighted by Gasteiger charge is -2.31. The Morgan fingerprint density at radius 3 is 2.38 bits per heavy atom. The summed E-state index contributed by atoms with van der Waals surface area (Å²) in [6.07, 6.45) is -3.52. The molecule has 0 bridgehead atoms. The van der Waals surface area contributed by atoms with Gasteiger partial charge in [-0.1, -0.05) is 6.07 Å². The van der Waals surface area contributed by atoms with Gasteiger partial charge >= 0.3 is 6.18 Å². The van der Waals surface area contributed by atoms with E-state index in [1.165, 1.54) is 22.6 Å². The number of hydrogen-bond donors (Lipinski definition) is 1. The number of nitrogens with one attached hydrogen (secondary N) is 1. The predicted octanol–water partition coefficient (Wildman–Crippen LogP) is 2.79. The van der Waals surface area contributed by atoms with Crippen molar-refractivity contribution in [3.63, 3.8) is 0 Å². The van der Waals surface area contributed by atoms with Gasteiger partial charge in [-0.3, -0.25) is 0 Å². The third-order valence-corrected chi connectivity index (χ3v) is 6.56. The number of aromatic nitrogens is 1. The van der Waals surface area contributed by atoms with E-state index >= 15 is 0 Å². The van der Waals surface area contributed by atoms with Gasteiger partial charge in [-0.2, -0.15) is 17.5 Å². The molecular formula is C18H20F4N4O2S. The molecule has 0 amide bonds. The molecule has 1 N–H and O–H groups in total. The summed E-state index contributed by atoms with van der Waals surface area (Å²) in [4.78, 5) is 6.05. The van der Waals surface area contributed by atoms with Crippen molar-refractivity contribution in [2.24, 2.45) is 0 Å². The second-order valence-electron chi connectivity index (χ2n) is 6.74. The molecule has 0 atom stereocenters. The smallest absolute Gasteiger partial charge is 0.366 e. The van der Waals surface area contributed by atoms with E-state index in [9.17, 15) is 26.0 Å². The summed E-state index contributed by atoms with van der Waals surface area (Å²) < 4.78 is 79.0. The van der Waals surface area contributed by atoms with Gasteiger partial charge in [0, 0.05) is 38.9 Å². The Labute approximate surface area is 166 Å². The molecule has 11 heteroatoms. The van der Waals surface area contributed by atoms with Gasteiger partial charge < -0.3 is 10.2 Å². The van der Waals surface area contributed by atoms with Crippen LogP contribution in [0.4, 0.5) is 23.4 Å². The van der Waals surface area contributed by atoms with E-state index in [0.29, 0.717) is 32.2 Å². The quantitative estimate of drug-likeness (QED) is 0.737. The molecule has 0 radical (unpaired) electrons. The van der Waals surface area contributed by atoms with Crippen LogP contribution in [0.1, 0.15) is 11.1 Å². The Balaban J connectivity index is 1.71. The molecule has 0 saturated carbocycles. The zero-order valence-corrected chi connectivity index (χ0v) is 16.4. The monoisotopic (exact) mass is 432 g/mol. The number of likely N-dealkylation sites (N-methyl/N-ethyl adjacent to an activating group) is 1. The molecular weight excluding hydrogens is 412 g/mol. The van der Waals surface area contributed by atoms with Crippen LogP contribution in [0, 0.1) is 5.82 Å². The minimum atomic E-state index is -4.69. The Morgan fingerprint density at radius 1 is 1.10 bits per heavy atom. The Kier molecular flexibility index (Phi) is 6.11. The fraction of sp³-hybridized carbons (Fsp3) is 0.389. The van der Waals surface area contributed by atoms with Crippen LogP contribution in [-0.4, -0.2) is 55.8 Å². The summed E-state index contributed by atoms with van der Waals surface area (Å²) in [6, 6.07) is 5.19. The van der Waals surface area contributed by atoms with E-state index in [-0.39, 0.29) is 22.8 Å². The zero-order chi connectivity index (χ0) is 21.2. The summed E-state index contributed by atoms with van der Waals surface area (Å²) in [6.45, 7) is 1.77. The first-order chi connectivity index (χ1) is 13.6. The van der Waals surface area contributed by atoms with Crippen LogP contribution in [0.15, 0.2) is 41.4 Å². The van der Waals surface area contributed by atoms with Crippen LogP contribution >= 0.6 is 0 Å². The molecule has 1 fully saturated rings. The molecule has 29 heavy (non-hydrogen) atoms. The number of hydrogen-bond acceptors (Lipinski definition) is 5. The van der Waals surface area contributed by atoms with Crippen LogP contribution in [0.25, 0.3) is 0 Å². The highest BCUT2D eigenvalue weighted by Crippen LogP contribution is 2.32. The fourth-order valence-electron chi connectivity index (χ4n) is 2.97. The lowest BCUT2D eigenvalue weighted by Crippen LogP contribution is -2.47. The summed E-state index contributed by atoms with van der Waals surface area (Å²) in [5.74, 6) is -0.766. The molecule has 2 aromatic rings. The number of pyridine rings is 1. The molecule has 1 aromatic heterocycles. The van der Waals surface area contributed by atoms with Crippen molar-refractivity contribution >= 4 is 15.8 Å². The Morgan fingerprint density at radius 2 is 1.79 bits per heavy atom. The Hall–Kier alpha value is -2.24. The van der Waals surface area contributed by atoms with E-state index in [2.05, 4.69) is 10.3 Å². The van der Waals surface area contributed by atoms with Gasteiger partial charge in [-0.25, -0.2) is 17.8 Å². The van der Waals surface area contributed by atoms with Crippen molar-refractivity contribution in [3.05, 3.63) is 53.5 Å². The van der Waals surface area contributed by atoms with Gasteiger partial charge in [-0.15, -0.1) is 0 Å². The summed E-state index contributed by atoms with van der Waals surface area (Å²) in [5.41, 5.74) is -1.21. The number of halogens is 4. The molecule has 6 nitrogen and oxygen atoms in total. The van der Waals surface area contributed by atoms with Crippen molar-refractivity contribution in [2.75, 3.05) is 38.5 Å². The third-order valence-electron chi connectivity index (χ3n) is 4.67. The first-order valence-corrected chi connectivity index (χ1v) is 10.3. The fourth-order valence-corrected chi connectivity index (χ4v) is 4.34. The molecule has 1 aromatic carbocycles.